The normalized spacial score (nSPS) is 12.1. The maximum absolute atomic E-state index is 9.06. The van der Waals surface area contributed by atoms with Crippen LogP contribution in [-0.4, -0.2) is 5.11 Å². The maximum Gasteiger partial charge on any atom is 0.165 e. The summed E-state index contributed by atoms with van der Waals surface area (Å²) >= 11 is 0. The van der Waals surface area contributed by atoms with Gasteiger partial charge in [0.25, 0.3) is 0 Å². The van der Waals surface area contributed by atoms with Crippen LogP contribution in [0.1, 0.15) is 17.2 Å². The molecule has 0 spiro atoms. The number of nitrogens with zero attached hydrogens (tertiary/aromatic N) is 1. The first-order valence-electron chi connectivity index (χ1n) is 3.38. The predicted octanol–water partition coefficient (Wildman–Crippen LogP) is 1.55. The summed E-state index contributed by atoms with van der Waals surface area (Å²) in [6, 6.07) is 9.00. The Morgan fingerprint density at radius 2 is 1.91 bits per heavy atom. The van der Waals surface area contributed by atoms with E-state index in [0.717, 1.165) is 5.56 Å². The van der Waals surface area contributed by atoms with Gasteiger partial charge in [0.1, 0.15) is 0 Å². The zero-order valence-electron chi connectivity index (χ0n) is 6.28. The molecule has 2 nitrogen and oxygen atoms in total. The Balaban J connectivity index is 2.92. The van der Waals surface area contributed by atoms with Crippen molar-refractivity contribution in [2.75, 3.05) is 0 Å². The highest BCUT2D eigenvalue weighted by Crippen LogP contribution is 2.11. The molecule has 0 aliphatic carbocycles. The second kappa shape index (κ2) is 3.18. The summed E-state index contributed by atoms with van der Waals surface area (Å²) in [7, 11) is 0. The van der Waals surface area contributed by atoms with Crippen LogP contribution in [0.25, 0.3) is 0 Å². The molecule has 0 fully saturated rings. The highest BCUT2D eigenvalue weighted by molar-refractivity contribution is 5.25. The fourth-order valence-electron chi connectivity index (χ4n) is 0.823. The van der Waals surface area contributed by atoms with Crippen LogP contribution in [0.4, 0.5) is 0 Å². The fraction of sp³-hybridized carbons (Fsp3) is 0.222. The smallest absolute Gasteiger partial charge is 0.165 e. The van der Waals surface area contributed by atoms with Gasteiger partial charge in [0.05, 0.1) is 6.07 Å². The molecule has 0 heterocycles. The van der Waals surface area contributed by atoms with E-state index in [9.17, 15) is 0 Å². The standard InChI is InChI=1S/C9H9NO/c1-7-2-4-8(5-3-7)9(11)6-10/h2-5,9,11H,1H3/t9-/m1/s1. The van der Waals surface area contributed by atoms with E-state index in [1.165, 1.54) is 0 Å². The van der Waals surface area contributed by atoms with E-state index < -0.39 is 6.10 Å². The zero-order chi connectivity index (χ0) is 8.27. The molecule has 0 aliphatic rings. The van der Waals surface area contributed by atoms with E-state index in [-0.39, 0.29) is 0 Å². The van der Waals surface area contributed by atoms with Crippen LogP contribution < -0.4 is 0 Å². The van der Waals surface area contributed by atoms with Crippen LogP contribution in [0.5, 0.6) is 0 Å². The highest BCUT2D eigenvalue weighted by Gasteiger charge is 2.02. The molecule has 1 aromatic rings. The third-order valence-electron chi connectivity index (χ3n) is 1.52. The summed E-state index contributed by atoms with van der Waals surface area (Å²) < 4.78 is 0. The van der Waals surface area contributed by atoms with Crippen molar-refractivity contribution in [3.8, 4) is 6.07 Å². The average Bonchev–Trinajstić information content (AvgIpc) is 2.05. The Kier molecular flexibility index (Phi) is 2.25. The molecule has 1 rings (SSSR count). The summed E-state index contributed by atoms with van der Waals surface area (Å²) in [5.74, 6) is 0. The Morgan fingerprint density at radius 3 is 2.36 bits per heavy atom. The van der Waals surface area contributed by atoms with Gasteiger partial charge in [0.15, 0.2) is 6.10 Å². The van der Waals surface area contributed by atoms with Crippen molar-refractivity contribution in [1.29, 1.82) is 5.26 Å². The van der Waals surface area contributed by atoms with Crippen LogP contribution >= 0.6 is 0 Å². The van der Waals surface area contributed by atoms with Crippen molar-refractivity contribution in [2.45, 2.75) is 13.0 Å². The van der Waals surface area contributed by atoms with Crippen LogP contribution in [-0.2, 0) is 0 Å². The van der Waals surface area contributed by atoms with Crippen molar-refractivity contribution >= 4 is 0 Å². The number of aliphatic hydroxyl groups is 1. The minimum Gasteiger partial charge on any atom is -0.374 e. The van der Waals surface area contributed by atoms with Crippen molar-refractivity contribution in [2.24, 2.45) is 0 Å². The van der Waals surface area contributed by atoms with Crippen LogP contribution in [0.2, 0.25) is 0 Å². The van der Waals surface area contributed by atoms with E-state index in [0.29, 0.717) is 5.56 Å². The van der Waals surface area contributed by atoms with Crippen molar-refractivity contribution in [3.63, 3.8) is 0 Å². The summed E-state index contributed by atoms with van der Waals surface area (Å²) in [6.07, 6.45) is -0.990. The van der Waals surface area contributed by atoms with Gasteiger partial charge in [0, 0.05) is 0 Å². The van der Waals surface area contributed by atoms with E-state index in [4.69, 9.17) is 10.4 Å². The summed E-state index contributed by atoms with van der Waals surface area (Å²) in [4.78, 5) is 0. The molecule has 56 valence electrons. The molecule has 11 heavy (non-hydrogen) atoms. The fourth-order valence-corrected chi connectivity index (χ4v) is 0.823. The maximum atomic E-state index is 9.06. The number of rotatable bonds is 1. The molecule has 1 aromatic carbocycles. The van der Waals surface area contributed by atoms with Gasteiger partial charge in [-0.3, -0.25) is 0 Å². The molecule has 0 saturated carbocycles. The minimum absolute atomic E-state index is 0.651. The molecular weight excluding hydrogens is 138 g/mol. The third kappa shape index (κ3) is 1.79. The molecule has 0 aromatic heterocycles. The number of nitriles is 1. The minimum atomic E-state index is -0.990. The summed E-state index contributed by atoms with van der Waals surface area (Å²) in [5, 5.41) is 17.4. The second-order valence-electron chi connectivity index (χ2n) is 2.44. The predicted molar refractivity (Wildman–Crippen MR) is 41.8 cm³/mol. The lowest BCUT2D eigenvalue weighted by Gasteiger charge is -2.00. The second-order valence-corrected chi connectivity index (χ2v) is 2.44. The molecule has 0 amide bonds. The monoisotopic (exact) mass is 147 g/mol. The van der Waals surface area contributed by atoms with Gasteiger partial charge in [-0.05, 0) is 12.5 Å². The van der Waals surface area contributed by atoms with Crippen molar-refractivity contribution in [3.05, 3.63) is 35.4 Å². The van der Waals surface area contributed by atoms with Gasteiger partial charge in [-0.2, -0.15) is 5.26 Å². The molecule has 0 aliphatic heterocycles. The number of aryl methyl sites for hydroxylation is 1. The number of hydrogen-bond acceptors (Lipinski definition) is 2. The Morgan fingerprint density at radius 1 is 1.36 bits per heavy atom. The van der Waals surface area contributed by atoms with E-state index in [1.807, 2.05) is 19.1 Å². The van der Waals surface area contributed by atoms with Crippen LogP contribution in [0, 0.1) is 18.3 Å². The SMILES string of the molecule is Cc1ccc([C@H](O)C#N)cc1. The van der Waals surface area contributed by atoms with Gasteiger partial charge in [-0.25, -0.2) is 0 Å². The Hall–Kier alpha value is -1.33. The largest absolute Gasteiger partial charge is 0.374 e. The molecule has 1 atom stereocenters. The van der Waals surface area contributed by atoms with Gasteiger partial charge in [0.2, 0.25) is 0 Å². The van der Waals surface area contributed by atoms with Crippen molar-refractivity contribution < 1.29 is 5.11 Å². The third-order valence-corrected chi connectivity index (χ3v) is 1.52. The molecule has 1 N–H and O–H groups in total. The quantitative estimate of drug-likeness (QED) is 0.612. The molecule has 2 heteroatoms. The lowest BCUT2D eigenvalue weighted by atomic mass is 10.1. The van der Waals surface area contributed by atoms with Gasteiger partial charge in [-0.1, -0.05) is 29.8 Å². The first-order chi connectivity index (χ1) is 5.24. The molecule has 0 unspecified atom stereocenters. The van der Waals surface area contributed by atoms with E-state index in [2.05, 4.69) is 0 Å². The van der Waals surface area contributed by atoms with Crippen molar-refractivity contribution in [1.82, 2.24) is 0 Å². The number of aliphatic hydroxyl groups excluding tert-OH is 1. The molecule has 0 saturated heterocycles. The summed E-state index contributed by atoms with van der Waals surface area (Å²) in [6.45, 7) is 1.96. The van der Waals surface area contributed by atoms with Crippen LogP contribution in [0.15, 0.2) is 24.3 Å². The highest BCUT2D eigenvalue weighted by atomic mass is 16.3. The topological polar surface area (TPSA) is 44.0 Å². The first kappa shape index (κ1) is 7.77. The molecular formula is C9H9NO. The first-order valence-corrected chi connectivity index (χ1v) is 3.38. The van der Waals surface area contributed by atoms with Gasteiger partial charge in [-0.15, -0.1) is 0 Å². The average molecular weight is 147 g/mol. The van der Waals surface area contributed by atoms with Crippen LogP contribution in [0.3, 0.4) is 0 Å². The van der Waals surface area contributed by atoms with Gasteiger partial charge < -0.3 is 5.11 Å². The number of hydrogen-bond donors (Lipinski definition) is 1. The molecule has 0 bridgehead atoms. The summed E-state index contributed by atoms with van der Waals surface area (Å²) in [5.41, 5.74) is 1.77. The zero-order valence-corrected chi connectivity index (χ0v) is 6.28. The number of benzene rings is 1. The van der Waals surface area contributed by atoms with E-state index in [1.54, 1.807) is 18.2 Å². The Labute approximate surface area is 65.7 Å². The lowest BCUT2D eigenvalue weighted by Crippen LogP contribution is -1.92. The molecule has 0 radical (unpaired) electrons. The Bertz CT molecular complexity index is 271. The van der Waals surface area contributed by atoms with E-state index >= 15 is 0 Å². The van der Waals surface area contributed by atoms with Gasteiger partial charge >= 0.3 is 0 Å². The lowest BCUT2D eigenvalue weighted by molar-refractivity contribution is 0.236.